The van der Waals surface area contributed by atoms with Gasteiger partial charge in [0.25, 0.3) is 5.91 Å². The van der Waals surface area contributed by atoms with Crippen LogP contribution in [-0.4, -0.2) is 12.2 Å². The highest BCUT2D eigenvalue weighted by Crippen LogP contribution is 2.34. The van der Waals surface area contributed by atoms with Crippen LogP contribution < -0.4 is 5.32 Å². The SMILES string of the molecule is CSc1cccc(NC(=O)c2sc3ccccc3c2Cc2ccc(C)cc2)c1. The first kappa shape index (κ1) is 18.8. The first-order valence-corrected chi connectivity index (χ1v) is 11.2. The fourth-order valence-corrected chi connectivity index (χ4v) is 4.83. The third-order valence-electron chi connectivity index (χ3n) is 4.73. The van der Waals surface area contributed by atoms with Crippen LogP contribution in [0.3, 0.4) is 0 Å². The van der Waals surface area contributed by atoms with Gasteiger partial charge in [0.05, 0.1) is 4.88 Å². The Labute approximate surface area is 173 Å². The number of hydrogen-bond donors (Lipinski definition) is 1. The van der Waals surface area contributed by atoms with E-state index in [1.54, 1.807) is 23.1 Å². The van der Waals surface area contributed by atoms with Gasteiger partial charge in [0.15, 0.2) is 0 Å². The molecule has 0 radical (unpaired) electrons. The summed E-state index contributed by atoms with van der Waals surface area (Å²) in [6, 6.07) is 24.8. The van der Waals surface area contributed by atoms with Gasteiger partial charge in [0, 0.05) is 15.3 Å². The van der Waals surface area contributed by atoms with Crippen LogP contribution in [0.5, 0.6) is 0 Å². The highest BCUT2D eigenvalue weighted by molar-refractivity contribution is 7.98. The molecule has 0 saturated heterocycles. The molecule has 4 rings (SSSR count). The summed E-state index contributed by atoms with van der Waals surface area (Å²) < 4.78 is 1.15. The van der Waals surface area contributed by atoms with Crippen LogP contribution >= 0.6 is 23.1 Å². The van der Waals surface area contributed by atoms with E-state index in [0.717, 1.165) is 37.5 Å². The minimum Gasteiger partial charge on any atom is -0.321 e. The van der Waals surface area contributed by atoms with Gasteiger partial charge >= 0.3 is 0 Å². The van der Waals surface area contributed by atoms with Crippen molar-refractivity contribution in [3.8, 4) is 0 Å². The average Bonchev–Trinajstić information content (AvgIpc) is 3.08. The molecular weight excluding hydrogens is 382 g/mol. The van der Waals surface area contributed by atoms with Crippen LogP contribution in [0.2, 0.25) is 0 Å². The number of thiophene rings is 1. The van der Waals surface area contributed by atoms with Gasteiger partial charge in [-0.15, -0.1) is 23.1 Å². The number of carbonyl (C=O) groups excluding carboxylic acids is 1. The Morgan fingerprint density at radius 1 is 1.00 bits per heavy atom. The van der Waals surface area contributed by atoms with Crippen molar-refractivity contribution >= 4 is 44.8 Å². The third-order valence-corrected chi connectivity index (χ3v) is 6.67. The molecule has 0 spiro atoms. The molecule has 0 aliphatic rings. The minimum atomic E-state index is -0.0402. The normalized spacial score (nSPS) is 10.9. The number of rotatable bonds is 5. The fourth-order valence-electron chi connectivity index (χ4n) is 3.26. The molecule has 140 valence electrons. The number of fused-ring (bicyclic) bond motifs is 1. The number of hydrogen-bond acceptors (Lipinski definition) is 3. The van der Waals surface area contributed by atoms with Crippen molar-refractivity contribution in [3.63, 3.8) is 0 Å². The molecule has 1 N–H and O–H groups in total. The van der Waals surface area contributed by atoms with E-state index in [9.17, 15) is 4.79 Å². The first-order chi connectivity index (χ1) is 13.6. The Morgan fingerprint density at radius 2 is 1.79 bits per heavy atom. The lowest BCUT2D eigenvalue weighted by molar-refractivity contribution is 0.103. The lowest BCUT2D eigenvalue weighted by Gasteiger charge is -2.08. The number of carbonyl (C=O) groups is 1. The standard InChI is InChI=1S/C24H21NOS2/c1-16-10-12-17(13-11-16)14-21-20-8-3-4-9-22(20)28-23(21)24(26)25-18-6-5-7-19(15-18)27-2/h3-13,15H,14H2,1-2H3,(H,25,26). The van der Waals surface area contributed by atoms with Gasteiger partial charge < -0.3 is 5.32 Å². The van der Waals surface area contributed by atoms with Gasteiger partial charge in [-0.1, -0.05) is 54.1 Å². The van der Waals surface area contributed by atoms with Crippen molar-refractivity contribution < 1.29 is 4.79 Å². The smallest absolute Gasteiger partial charge is 0.266 e. The predicted molar refractivity (Wildman–Crippen MR) is 122 cm³/mol. The largest absolute Gasteiger partial charge is 0.321 e. The van der Waals surface area contributed by atoms with Gasteiger partial charge in [-0.2, -0.15) is 0 Å². The zero-order valence-electron chi connectivity index (χ0n) is 15.9. The van der Waals surface area contributed by atoms with Crippen molar-refractivity contribution in [2.45, 2.75) is 18.2 Å². The molecule has 1 aromatic heterocycles. The third kappa shape index (κ3) is 3.98. The summed E-state index contributed by atoms with van der Waals surface area (Å²) in [5.74, 6) is -0.0402. The summed E-state index contributed by atoms with van der Waals surface area (Å²) in [5, 5.41) is 4.25. The first-order valence-electron chi connectivity index (χ1n) is 9.15. The van der Waals surface area contributed by atoms with Gasteiger partial charge in [-0.25, -0.2) is 0 Å². The van der Waals surface area contributed by atoms with Crippen molar-refractivity contribution in [1.82, 2.24) is 0 Å². The van der Waals surface area contributed by atoms with Gasteiger partial charge in [-0.05, 0) is 60.4 Å². The molecule has 0 unspecified atom stereocenters. The number of nitrogens with one attached hydrogen (secondary N) is 1. The zero-order valence-corrected chi connectivity index (χ0v) is 17.5. The predicted octanol–water partition coefficient (Wildman–Crippen LogP) is 6.77. The molecule has 0 aliphatic heterocycles. The maximum absolute atomic E-state index is 13.1. The van der Waals surface area contributed by atoms with E-state index >= 15 is 0 Å². The number of anilines is 1. The zero-order chi connectivity index (χ0) is 19.5. The van der Waals surface area contributed by atoms with Crippen molar-refractivity contribution in [2.75, 3.05) is 11.6 Å². The van der Waals surface area contributed by atoms with E-state index in [1.165, 1.54) is 11.1 Å². The maximum Gasteiger partial charge on any atom is 0.266 e. The molecule has 0 saturated carbocycles. The topological polar surface area (TPSA) is 29.1 Å². The Kier molecular flexibility index (Phi) is 5.51. The monoisotopic (exact) mass is 403 g/mol. The van der Waals surface area contributed by atoms with Crippen LogP contribution in [0.15, 0.2) is 77.7 Å². The highest BCUT2D eigenvalue weighted by Gasteiger charge is 2.19. The van der Waals surface area contributed by atoms with E-state index in [0.29, 0.717) is 0 Å². The maximum atomic E-state index is 13.1. The molecule has 1 heterocycles. The quantitative estimate of drug-likeness (QED) is 0.372. The lowest BCUT2D eigenvalue weighted by atomic mass is 10.0. The molecule has 4 heteroatoms. The molecule has 3 aromatic carbocycles. The molecule has 0 fully saturated rings. The molecule has 1 amide bonds. The summed E-state index contributed by atoms with van der Waals surface area (Å²) in [4.78, 5) is 15.1. The van der Waals surface area contributed by atoms with Gasteiger partial charge in [-0.3, -0.25) is 4.79 Å². The van der Waals surface area contributed by atoms with E-state index < -0.39 is 0 Å². The number of amides is 1. The molecule has 0 bridgehead atoms. The number of benzene rings is 3. The van der Waals surface area contributed by atoms with E-state index in [2.05, 4.69) is 48.6 Å². The van der Waals surface area contributed by atoms with Crippen molar-refractivity contribution in [1.29, 1.82) is 0 Å². The number of aryl methyl sites for hydroxylation is 1. The second-order valence-corrected chi connectivity index (χ2v) is 8.69. The second-order valence-electron chi connectivity index (χ2n) is 6.75. The lowest BCUT2D eigenvalue weighted by Crippen LogP contribution is -2.12. The molecule has 28 heavy (non-hydrogen) atoms. The summed E-state index contributed by atoms with van der Waals surface area (Å²) in [7, 11) is 0. The molecule has 0 atom stereocenters. The highest BCUT2D eigenvalue weighted by atomic mass is 32.2. The minimum absolute atomic E-state index is 0.0402. The summed E-state index contributed by atoms with van der Waals surface area (Å²) >= 11 is 3.23. The van der Waals surface area contributed by atoms with E-state index in [4.69, 9.17) is 0 Å². The molecule has 0 aliphatic carbocycles. The van der Waals surface area contributed by atoms with Crippen LogP contribution in [0.25, 0.3) is 10.1 Å². The summed E-state index contributed by atoms with van der Waals surface area (Å²) in [6.07, 6.45) is 2.78. The average molecular weight is 404 g/mol. The van der Waals surface area contributed by atoms with Gasteiger partial charge in [0.2, 0.25) is 0 Å². The summed E-state index contributed by atoms with van der Waals surface area (Å²) in [5.41, 5.74) is 4.39. The van der Waals surface area contributed by atoms with Crippen LogP contribution in [0.4, 0.5) is 5.69 Å². The van der Waals surface area contributed by atoms with Crippen LogP contribution in [0.1, 0.15) is 26.4 Å². The Bertz CT molecular complexity index is 1130. The van der Waals surface area contributed by atoms with E-state index in [1.807, 2.05) is 42.7 Å². The summed E-state index contributed by atoms with van der Waals surface area (Å²) in [6.45, 7) is 2.09. The van der Waals surface area contributed by atoms with Crippen molar-refractivity contribution in [3.05, 3.63) is 94.4 Å². The Balaban J connectivity index is 1.71. The molecule has 4 aromatic rings. The van der Waals surface area contributed by atoms with Crippen LogP contribution in [0, 0.1) is 6.92 Å². The van der Waals surface area contributed by atoms with Crippen LogP contribution in [-0.2, 0) is 6.42 Å². The number of thioether (sulfide) groups is 1. The van der Waals surface area contributed by atoms with Gasteiger partial charge in [0.1, 0.15) is 0 Å². The fraction of sp³-hybridized carbons (Fsp3) is 0.125. The van der Waals surface area contributed by atoms with E-state index in [-0.39, 0.29) is 5.91 Å². The molecule has 2 nitrogen and oxygen atoms in total. The Morgan fingerprint density at radius 3 is 2.57 bits per heavy atom. The van der Waals surface area contributed by atoms with Crippen molar-refractivity contribution in [2.24, 2.45) is 0 Å². The second kappa shape index (κ2) is 8.21. The molecular formula is C24H21NOS2. The Hall–Kier alpha value is -2.56.